The maximum atomic E-state index is 13.5. The van der Waals surface area contributed by atoms with Crippen LogP contribution in [0.25, 0.3) is 0 Å². The molecule has 14 heteroatoms. The van der Waals surface area contributed by atoms with Crippen LogP contribution in [0.15, 0.2) is 24.3 Å². The van der Waals surface area contributed by atoms with Crippen molar-refractivity contribution in [2.75, 3.05) is 19.6 Å². The zero-order valence-electron chi connectivity index (χ0n) is 20.5. The zero-order chi connectivity index (χ0) is 28.3. The fraction of sp³-hybridized carbons (Fsp3) is 0.625. The Hall–Kier alpha value is -2.87. The van der Waals surface area contributed by atoms with Gasteiger partial charge < -0.3 is 26.6 Å². The Bertz CT molecular complexity index is 1000. The van der Waals surface area contributed by atoms with Gasteiger partial charge in [-0.3, -0.25) is 14.4 Å². The molecule has 2 fully saturated rings. The molecule has 3 rings (SSSR count). The smallest absolute Gasteiger partial charge is 0.350 e. The third-order valence-electron chi connectivity index (χ3n) is 7.07. The van der Waals surface area contributed by atoms with Gasteiger partial charge in [0.15, 0.2) is 0 Å². The fourth-order valence-electron chi connectivity index (χ4n) is 4.69. The largest absolute Gasteiger partial charge is 0.393 e. The van der Waals surface area contributed by atoms with Crippen molar-refractivity contribution in [2.45, 2.75) is 63.2 Å². The van der Waals surface area contributed by atoms with E-state index in [-0.39, 0.29) is 32.4 Å². The van der Waals surface area contributed by atoms with Crippen LogP contribution in [0.1, 0.15) is 36.8 Å². The predicted octanol–water partition coefficient (Wildman–Crippen LogP) is 2.06. The van der Waals surface area contributed by atoms with E-state index in [0.717, 1.165) is 15.4 Å². The lowest BCUT2D eigenvalue weighted by atomic mass is 10.0. The van der Waals surface area contributed by atoms with Gasteiger partial charge in [0.1, 0.15) is 6.04 Å². The van der Waals surface area contributed by atoms with Crippen molar-refractivity contribution in [3.63, 3.8) is 0 Å². The number of rotatable bonds is 8. The summed E-state index contributed by atoms with van der Waals surface area (Å²) in [5.41, 5.74) is 13.0. The van der Waals surface area contributed by atoms with Gasteiger partial charge in [0, 0.05) is 39.1 Å². The third kappa shape index (κ3) is 7.37. The first-order valence-electron chi connectivity index (χ1n) is 12.2. The number of hydrogen-bond acceptors (Lipinski definition) is 5. The SMILES string of the molecule is NCc1ccc(CNC(=O)[C@@H]2C[C@H](C(F)(F)F)CN2C(=O)[C@H](N)CCC(=O)N2CCC(C(F)(F)F)C2)cc1. The first-order valence-corrected chi connectivity index (χ1v) is 12.2. The number of amides is 3. The molecule has 2 heterocycles. The van der Waals surface area contributed by atoms with E-state index in [4.69, 9.17) is 11.5 Å². The highest BCUT2D eigenvalue weighted by Gasteiger charge is 2.51. The molecule has 3 amide bonds. The van der Waals surface area contributed by atoms with Crippen molar-refractivity contribution in [1.82, 2.24) is 15.1 Å². The molecule has 1 unspecified atom stereocenters. The van der Waals surface area contributed by atoms with E-state index >= 15 is 0 Å². The minimum Gasteiger partial charge on any atom is -0.350 e. The number of halogens is 6. The Balaban J connectivity index is 1.60. The third-order valence-corrected chi connectivity index (χ3v) is 7.07. The molecule has 38 heavy (non-hydrogen) atoms. The quantitative estimate of drug-likeness (QED) is 0.427. The summed E-state index contributed by atoms with van der Waals surface area (Å²) in [6.07, 6.45) is -10.5. The van der Waals surface area contributed by atoms with Crippen molar-refractivity contribution >= 4 is 17.7 Å². The molecule has 5 N–H and O–H groups in total. The zero-order valence-corrected chi connectivity index (χ0v) is 20.5. The van der Waals surface area contributed by atoms with Crippen molar-refractivity contribution in [3.05, 3.63) is 35.4 Å². The average molecular weight is 552 g/mol. The van der Waals surface area contributed by atoms with Crippen LogP contribution in [0.2, 0.25) is 0 Å². The molecule has 0 aromatic heterocycles. The van der Waals surface area contributed by atoms with Gasteiger partial charge >= 0.3 is 12.4 Å². The Morgan fingerprint density at radius 1 is 0.974 bits per heavy atom. The lowest BCUT2D eigenvalue weighted by Crippen LogP contribution is -2.51. The van der Waals surface area contributed by atoms with Crippen molar-refractivity contribution < 1.29 is 40.7 Å². The van der Waals surface area contributed by atoms with E-state index in [1.54, 1.807) is 24.3 Å². The Morgan fingerprint density at radius 2 is 1.58 bits per heavy atom. The summed E-state index contributed by atoms with van der Waals surface area (Å²) in [4.78, 5) is 40.0. The summed E-state index contributed by atoms with van der Waals surface area (Å²) >= 11 is 0. The number of alkyl halides is 6. The van der Waals surface area contributed by atoms with Crippen molar-refractivity contribution in [3.8, 4) is 0 Å². The second kappa shape index (κ2) is 11.9. The minimum atomic E-state index is -4.64. The number of nitrogens with two attached hydrogens (primary N) is 2. The van der Waals surface area contributed by atoms with Gasteiger partial charge in [0.25, 0.3) is 0 Å². The minimum absolute atomic E-state index is 0.0220. The van der Waals surface area contributed by atoms with E-state index < -0.39 is 73.5 Å². The van der Waals surface area contributed by atoms with Crippen LogP contribution in [0.5, 0.6) is 0 Å². The number of hydrogen-bond donors (Lipinski definition) is 3. The molecule has 2 saturated heterocycles. The molecule has 1 aromatic rings. The van der Waals surface area contributed by atoms with Gasteiger partial charge in [0.05, 0.1) is 17.9 Å². The summed E-state index contributed by atoms with van der Waals surface area (Å²) < 4.78 is 79.0. The second-order valence-corrected chi connectivity index (χ2v) is 9.73. The van der Waals surface area contributed by atoms with Crippen molar-refractivity contribution in [1.29, 1.82) is 0 Å². The second-order valence-electron chi connectivity index (χ2n) is 9.73. The summed E-state index contributed by atoms with van der Waals surface area (Å²) in [5.74, 6) is -5.87. The topological polar surface area (TPSA) is 122 Å². The number of benzene rings is 1. The fourth-order valence-corrected chi connectivity index (χ4v) is 4.69. The number of carbonyl (C=O) groups excluding carboxylic acids is 3. The molecule has 0 spiro atoms. The van der Waals surface area contributed by atoms with Gasteiger partial charge in [-0.2, -0.15) is 26.3 Å². The van der Waals surface area contributed by atoms with E-state index in [9.17, 15) is 40.7 Å². The molecule has 0 aliphatic carbocycles. The molecule has 4 atom stereocenters. The molecular weight excluding hydrogens is 520 g/mol. The van der Waals surface area contributed by atoms with E-state index in [0.29, 0.717) is 12.1 Å². The lowest BCUT2D eigenvalue weighted by Gasteiger charge is -2.27. The van der Waals surface area contributed by atoms with E-state index in [2.05, 4.69) is 5.32 Å². The van der Waals surface area contributed by atoms with E-state index in [1.165, 1.54) is 0 Å². The molecular formula is C24H31F6N5O3. The molecule has 0 bridgehead atoms. The van der Waals surface area contributed by atoms with Gasteiger partial charge in [-0.1, -0.05) is 24.3 Å². The van der Waals surface area contributed by atoms with Crippen LogP contribution in [0.4, 0.5) is 26.3 Å². The lowest BCUT2D eigenvalue weighted by molar-refractivity contribution is -0.172. The van der Waals surface area contributed by atoms with Crippen LogP contribution in [0, 0.1) is 11.8 Å². The highest BCUT2D eigenvalue weighted by atomic mass is 19.4. The Labute approximate surface area is 215 Å². The maximum absolute atomic E-state index is 13.5. The molecule has 0 saturated carbocycles. The number of nitrogens with zero attached hydrogens (tertiary/aromatic N) is 2. The van der Waals surface area contributed by atoms with Gasteiger partial charge in [0.2, 0.25) is 17.7 Å². The van der Waals surface area contributed by atoms with Crippen LogP contribution in [-0.4, -0.2) is 71.6 Å². The molecule has 2 aliphatic rings. The van der Waals surface area contributed by atoms with Gasteiger partial charge in [-0.05, 0) is 30.4 Å². The monoisotopic (exact) mass is 551 g/mol. The predicted molar refractivity (Wildman–Crippen MR) is 124 cm³/mol. The molecule has 8 nitrogen and oxygen atoms in total. The van der Waals surface area contributed by atoms with Crippen LogP contribution in [-0.2, 0) is 27.5 Å². The highest BCUT2D eigenvalue weighted by Crippen LogP contribution is 2.37. The molecule has 2 aliphatic heterocycles. The van der Waals surface area contributed by atoms with Crippen LogP contribution < -0.4 is 16.8 Å². The number of nitrogens with one attached hydrogen (secondary N) is 1. The normalized spacial score (nSPS) is 23.0. The van der Waals surface area contributed by atoms with Gasteiger partial charge in [-0.25, -0.2) is 0 Å². The first kappa shape index (κ1) is 29.7. The molecule has 0 radical (unpaired) electrons. The maximum Gasteiger partial charge on any atom is 0.393 e. The van der Waals surface area contributed by atoms with Crippen LogP contribution >= 0.6 is 0 Å². The van der Waals surface area contributed by atoms with Crippen molar-refractivity contribution in [2.24, 2.45) is 23.3 Å². The average Bonchev–Trinajstić information content (AvgIpc) is 3.53. The summed E-state index contributed by atoms with van der Waals surface area (Å²) in [5, 5.41) is 2.55. The summed E-state index contributed by atoms with van der Waals surface area (Å²) in [7, 11) is 0. The Morgan fingerprint density at radius 3 is 2.13 bits per heavy atom. The summed E-state index contributed by atoms with van der Waals surface area (Å²) in [6.45, 7) is -0.978. The molecule has 212 valence electrons. The van der Waals surface area contributed by atoms with Crippen LogP contribution in [0.3, 0.4) is 0 Å². The Kier molecular flexibility index (Phi) is 9.29. The number of carbonyl (C=O) groups is 3. The standard InChI is InChI=1S/C24H31F6N5O3/c25-23(26,27)16-7-8-34(12-16)20(36)6-5-18(32)22(38)35-13-17(24(28,29)30)9-19(35)21(37)33-11-15-3-1-14(10-31)2-4-15/h1-4,16-19H,5-13,31-32H2,(H,33,37)/t16?,17-,18+,19-/m0/s1. The summed E-state index contributed by atoms with van der Waals surface area (Å²) in [6, 6.07) is 4.11. The number of likely N-dealkylation sites (tertiary alicyclic amines) is 2. The highest BCUT2D eigenvalue weighted by molar-refractivity contribution is 5.90. The first-order chi connectivity index (χ1) is 17.7. The van der Waals surface area contributed by atoms with E-state index in [1.807, 2.05) is 0 Å². The molecule has 1 aromatic carbocycles. The van der Waals surface area contributed by atoms with Gasteiger partial charge in [-0.15, -0.1) is 0 Å².